The van der Waals surface area contributed by atoms with E-state index in [1.807, 2.05) is 24.6 Å². The van der Waals surface area contributed by atoms with Crippen molar-refractivity contribution < 1.29 is 9.90 Å². The molecular formula is C11H12N2O2S. The van der Waals surface area contributed by atoms with Crippen molar-refractivity contribution in [3.63, 3.8) is 0 Å². The highest BCUT2D eigenvalue weighted by atomic mass is 32.1. The van der Waals surface area contributed by atoms with Crippen molar-refractivity contribution in [1.82, 2.24) is 9.78 Å². The summed E-state index contributed by atoms with van der Waals surface area (Å²) in [7, 11) is 0. The summed E-state index contributed by atoms with van der Waals surface area (Å²) in [6.45, 7) is 4.84. The lowest BCUT2D eigenvalue weighted by Gasteiger charge is -1.99. The highest BCUT2D eigenvalue weighted by Gasteiger charge is 2.12. The second-order valence-corrected chi connectivity index (χ2v) is 4.51. The van der Waals surface area contributed by atoms with Crippen LogP contribution in [0.15, 0.2) is 18.3 Å². The third-order valence-corrected chi connectivity index (χ3v) is 3.59. The Morgan fingerprint density at radius 3 is 2.81 bits per heavy atom. The Morgan fingerprint density at radius 1 is 1.56 bits per heavy atom. The number of aryl methyl sites for hydroxylation is 1. The number of aromatic carboxylic acids is 1. The molecule has 2 aromatic rings. The quantitative estimate of drug-likeness (QED) is 0.891. The van der Waals surface area contributed by atoms with Crippen molar-refractivity contribution in [3.05, 3.63) is 28.9 Å². The van der Waals surface area contributed by atoms with Gasteiger partial charge in [0.05, 0.1) is 6.20 Å². The fourth-order valence-corrected chi connectivity index (χ4v) is 2.51. The molecule has 4 nitrogen and oxygen atoms in total. The number of nitrogens with zero attached hydrogens (tertiary/aromatic N) is 2. The van der Waals surface area contributed by atoms with Crippen LogP contribution in [0.2, 0.25) is 0 Å². The van der Waals surface area contributed by atoms with Gasteiger partial charge in [-0.1, -0.05) is 0 Å². The first-order valence-electron chi connectivity index (χ1n) is 4.99. The first-order chi connectivity index (χ1) is 7.63. The maximum Gasteiger partial charge on any atom is 0.345 e. The van der Waals surface area contributed by atoms with Gasteiger partial charge in [0, 0.05) is 22.7 Å². The molecule has 0 bridgehead atoms. The summed E-state index contributed by atoms with van der Waals surface area (Å²) < 4.78 is 1.90. The molecule has 0 fully saturated rings. The van der Waals surface area contributed by atoms with Crippen LogP contribution in [0.5, 0.6) is 0 Å². The molecule has 5 heteroatoms. The van der Waals surface area contributed by atoms with Crippen LogP contribution in [0.3, 0.4) is 0 Å². The van der Waals surface area contributed by atoms with Crippen molar-refractivity contribution in [1.29, 1.82) is 0 Å². The van der Waals surface area contributed by atoms with E-state index in [-0.39, 0.29) is 0 Å². The number of rotatable bonds is 3. The molecule has 0 aliphatic rings. The van der Waals surface area contributed by atoms with E-state index >= 15 is 0 Å². The van der Waals surface area contributed by atoms with Gasteiger partial charge < -0.3 is 5.11 Å². The minimum absolute atomic E-state index is 0.360. The number of carboxylic acid groups (broad SMARTS) is 1. The zero-order valence-corrected chi connectivity index (χ0v) is 9.91. The second-order valence-electron chi connectivity index (χ2n) is 3.43. The van der Waals surface area contributed by atoms with Gasteiger partial charge >= 0.3 is 5.97 Å². The number of aromatic nitrogens is 2. The molecule has 0 saturated carbocycles. The Morgan fingerprint density at radius 2 is 2.31 bits per heavy atom. The Labute approximate surface area is 97.2 Å². The largest absolute Gasteiger partial charge is 0.477 e. The lowest BCUT2D eigenvalue weighted by molar-refractivity contribution is 0.0702. The fraction of sp³-hybridized carbons (Fsp3) is 0.273. The van der Waals surface area contributed by atoms with Crippen molar-refractivity contribution in [2.24, 2.45) is 0 Å². The highest BCUT2D eigenvalue weighted by molar-refractivity contribution is 7.17. The monoisotopic (exact) mass is 236 g/mol. The minimum Gasteiger partial charge on any atom is -0.477 e. The van der Waals surface area contributed by atoms with E-state index in [0.717, 1.165) is 22.7 Å². The standard InChI is InChI=1S/C11H12N2O2S/c1-3-13-7(2)8(6-12-13)9-4-5-10(16-9)11(14)15/h4-6H,3H2,1-2H3,(H,14,15). The summed E-state index contributed by atoms with van der Waals surface area (Å²) in [6, 6.07) is 3.46. The lowest BCUT2D eigenvalue weighted by Crippen LogP contribution is -1.98. The molecule has 0 atom stereocenters. The van der Waals surface area contributed by atoms with Gasteiger partial charge in [-0.25, -0.2) is 4.79 Å². The van der Waals surface area contributed by atoms with E-state index in [1.54, 1.807) is 12.3 Å². The summed E-state index contributed by atoms with van der Waals surface area (Å²) in [6.07, 6.45) is 1.79. The molecule has 2 aromatic heterocycles. The molecule has 2 heterocycles. The van der Waals surface area contributed by atoms with Gasteiger partial charge in [-0.2, -0.15) is 5.10 Å². The average molecular weight is 236 g/mol. The lowest BCUT2D eigenvalue weighted by atomic mass is 10.2. The molecule has 0 spiro atoms. The highest BCUT2D eigenvalue weighted by Crippen LogP contribution is 2.30. The summed E-state index contributed by atoms with van der Waals surface area (Å²) >= 11 is 1.28. The number of carboxylic acids is 1. The molecule has 84 valence electrons. The molecule has 1 N–H and O–H groups in total. The number of hydrogen-bond acceptors (Lipinski definition) is 3. The molecule has 0 aliphatic carbocycles. The van der Waals surface area contributed by atoms with Crippen LogP contribution < -0.4 is 0 Å². The summed E-state index contributed by atoms with van der Waals surface area (Å²) in [5.74, 6) is -0.878. The molecule has 0 aromatic carbocycles. The van der Waals surface area contributed by atoms with E-state index in [9.17, 15) is 4.79 Å². The van der Waals surface area contributed by atoms with Crippen LogP contribution >= 0.6 is 11.3 Å². The van der Waals surface area contributed by atoms with Gasteiger partial charge in [0.1, 0.15) is 4.88 Å². The summed E-state index contributed by atoms with van der Waals surface area (Å²) in [5.41, 5.74) is 2.08. The Bertz CT molecular complexity index is 528. The number of hydrogen-bond donors (Lipinski definition) is 1. The first kappa shape index (κ1) is 10.9. The van der Waals surface area contributed by atoms with E-state index in [1.165, 1.54) is 11.3 Å². The molecule has 16 heavy (non-hydrogen) atoms. The van der Waals surface area contributed by atoms with Gasteiger partial charge in [-0.05, 0) is 26.0 Å². The van der Waals surface area contributed by atoms with Crippen molar-refractivity contribution in [2.75, 3.05) is 0 Å². The first-order valence-corrected chi connectivity index (χ1v) is 5.81. The van der Waals surface area contributed by atoms with Crippen LogP contribution in [0.4, 0.5) is 0 Å². The molecule has 2 rings (SSSR count). The van der Waals surface area contributed by atoms with Gasteiger partial charge in [0.2, 0.25) is 0 Å². The second kappa shape index (κ2) is 4.09. The third-order valence-electron chi connectivity index (χ3n) is 2.48. The van der Waals surface area contributed by atoms with E-state index < -0.39 is 5.97 Å². The smallest absolute Gasteiger partial charge is 0.345 e. The summed E-state index contributed by atoms with van der Waals surface area (Å²) in [5, 5.41) is 13.1. The Kier molecular flexibility index (Phi) is 2.78. The van der Waals surface area contributed by atoms with Crippen LogP contribution in [0.25, 0.3) is 10.4 Å². The molecule has 0 amide bonds. The zero-order valence-electron chi connectivity index (χ0n) is 9.10. The van der Waals surface area contributed by atoms with Gasteiger partial charge in [0.15, 0.2) is 0 Å². The van der Waals surface area contributed by atoms with Crippen LogP contribution in [0, 0.1) is 6.92 Å². The predicted octanol–water partition coefficient (Wildman–Crippen LogP) is 2.64. The van der Waals surface area contributed by atoms with Gasteiger partial charge in [0.25, 0.3) is 0 Å². The molecule has 0 unspecified atom stereocenters. The third kappa shape index (κ3) is 1.74. The fourth-order valence-electron chi connectivity index (χ4n) is 1.60. The van der Waals surface area contributed by atoms with Crippen molar-refractivity contribution in [3.8, 4) is 10.4 Å². The number of carbonyl (C=O) groups is 1. The molecule has 0 aliphatic heterocycles. The Balaban J connectivity index is 2.42. The number of thiophene rings is 1. The van der Waals surface area contributed by atoms with Crippen molar-refractivity contribution in [2.45, 2.75) is 20.4 Å². The summed E-state index contributed by atoms with van der Waals surface area (Å²) in [4.78, 5) is 12.1. The predicted molar refractivity (Wildman–Crippen MR) is 62.9 cm³/mol. The minimum atomic E-state index is -0.878. The SMILES string of the molecule is CCn1ncc(-c2ccc(C(=O)O)s2)c1C. The maximum absolute atomic E-state index is 10.8. The van der Waals surface area contributed by atoms with Crippen LogP contribution in [-0.2, 0) is 6.54 Å². The van der Waals surface area contributed by atoms with Crippen molar-refractivity contribution >= 4 is 17.3 Å². The van der Waals surface area contributed by atoms with Gasteiger partial charge in [-0.15, -0.1) is 11.3 Å². The van der Waals surface area contributed by atoms with Crippen LogP contribution in [0.1, 0.15) is 22.3 Å². The van der Waals surface area contributed by atoms with E-state index in [0.29, 0.717) is 4.88 Å². The molecule has 0 saturated heterocycles. The molecular weight excluding hydrogens is 224 g/mol. The average Bonchev–Trinajstić information content (AvgIpc) is 2.83. The van der Waals surface area contributed by atoms with Gasteiger partial charge in [-0.3, -0.25) is 4.68 Å². The maximum atomic E-state index is 10.8. The van der Waals surface area contributed by atoms with E-state index in [4.69, 9.17) is 5.11 Å². The topological polar surface area (TPSA) is 55.1 Å². The molecule has 0 radical (unpaired) electrons. The Hall–Kier alpha value is -1.62. The normalized spacial score (nSPS) is 10.6. The van der Waals surface area contributed by atoms with E-state index in [2.05, 4.69) is 5.10 Å². The van der Waals surface area contributed by atoms with Crippen LogP contribution in [-0.4, -0.2) is 20.9 Å². The zero-order chi connectivity index (χ0) is 11.7.